The van der Waals surface area contributed by atoms with Crippen molar-refractivity contribution in [2.24, 2.45) is 0 Å². The van der Waals surface area contributed by atoms with Crippen LogP contribution in [0.5, 0.6) is 0 Å². The number of furan rings is 1. The summed E-state index contributed by atoms with van der Waals surface area (Å²) in [6.07, 6.45) is 6.16. The molecule has 2 amide bonds. The van der Waals surface area contributed by atoms with Crippen molar-refractivity contribution in [1.29, 1.82) is 5.26 Å². The minimum Gasteiger partial charge on any atom is -0.463 e. The lowest BCUT2D eigenvalue weighted by Crippen LogP contribution is -2.53. The quantitative estimate of drug-likeness (QED) is 0.560. The number of anilines is 1. The van der Waals surface area contributed by atoms with Crippen LogP contribution >= 0.6 is 0 Å². The van der Waals surface area contributed by atoms with Gasteiger partial charge in [0.25, 0.3) is 0 Å². The first-order chi connectivity index (χ1) is 17.7. The Morgan fingerprint density at radius 1 is 1.00 bits per heavy atom. The Hall–Kier alpha value is -4.12. The van der Waals surface area contributed by atoms with E-state index in [0.717, 1.165) is 48.1 Å². The Bertz CT molecular complexity index is 1270. The molecular formula is C28H29N5O3. The fourth-order valence-electron chi connectivity index (χ4n) is 5.08. The molecule has 8 nitrogen and oxygen atoms in total. The van der Waals surface area contributed by atoms with Gasteiger partial charge in [-0.2, -0.15) is 5.26 Å². The second-order valence-corrected chi connectivity index (χ2v) is 9.18. The van der Waals surface area contributed by atoms with Crippen LogP contribution in [0.4, 0.5) is 5.82 Å². The summed E-state index contributed by atoms with van der Waals surface area (Å²) < 4.78 is 5.68. The molecule has 0 bridgehead atoms. The first-order valence-electron chi connectivity index (χ1n) is 12.5. The number of hydrogen-bond donors (Lipinski definition) is 1. The van der Waals surface area contributed by atoms with E-state index < -0.39 is 11.8 Å². The number of aromatic nitrogens is 1. The van der Waals surface area contributed by atoms with Gasteiger partial charge in [0.05, 0.1) is 11.8 Å². The Labute approximate surface area is 210 Å². The van der Waals surface area contributed by atoms with E-state index >= 15 is 0 Å². The molecule has 36 heavy (non-hydrogen) atoms. The number of rotatable bonds is 5. The van der Waals surface area contributed by atoms with E-state index in [1.165, 1.54) is 0 Å². The summed E-state index contributed by atoms with van der Waals surface area (Å²) in [5.41, 5.74) is 4.71. The number of hydrogen-bond acceptors (Lipinski definition) is 6. The maximum atomic E-state index is 12.7. The van der Waals surface area contributed by atoms with E-state index in [4.69, 9.17) is 9.40 Å². The van der Waals surface area contributed by atoms with E-state index in [9.17, 15) is 14.9 Å². The second-order valence-electron chi connectivity index (χ2n) is 9.18. The Morgan fingerprint density at radius 3 is 2.44 bits per heavy atom. The van der Waals surface area contributed by atoms with E-state index in [0.29, 0.717) is 56.3 Å². The zero-order valence-electron chi connectivity index (χ0n) is 20.2. The maximum absolute atomic E-state index is 12.7. The van der Waals surface area contributed by atoms with Crippen molar-refractivity contribution in [1.82, 2.24) is 15.2 Å². The number of amides is 2. The minimum atomic E-state index is -0.580. The van der Waals surface area contributed by atoms with Crippen molar-refractivity contribution in [3.05, 3.63) is 71.0 Å². The van der Waals surface area contributed by atoms with E-state index in [2.05, 4.69) is 16.3 Å². The average Bonchev–Trinajstić information content (AvgIpc) is 3.47. The van der Waals surface area contributed by atoms with Gasteiger partial charge in [0.1, 0.15) is 17.6 Å². The van der Waals surface area contributed by atoms with Gasteiger partial charge in [0.15, 0.2) is 5.76 Å². The molecule has 0 saturated carbocycles. The highest BCUT2D eigenvalue weighted by Crippen LogP contribution is 2.36. The van der Waals surface area contributed by atoms with Gasteiger partial charge in [0, 0.05) is 32.7 Å². The average molecular weight is 484 g/mol. The van der Waals surface area contributed by atoms with Gasteiger partial charge in [-0.3, -0.25) is 9.59 Å². The summed E-state index contributed by atoms with van der Waals surface area (Å²) in [6, 6.07) is 16.0. The van der Waals surface area contributed by atoms with Crippen molar-refractivity contribution in [2.45, 2.75) is 32.1 Å². The van der Waals surface area contributed by atoms with Crippen LogP contribution in [0.25, 0.3) is 11.5 Å². The Balaban J connectivity index is 1.26. The lowest BCUT2D eigenvalue weighted by atomic mass is 9.87. The highest BCUT2D eigenvalue weighted by Gasteiger charge is 2.30. The number of nitrogens with zero attached hydrogens (tertiary/aromatic N) is 4. The van der Waals surface area contributed by atoms with Crippen LogP contribution in [0.3, 0.4) is 0 Å². The third-order valence-corrected chi connectivity index (χ3v) is 6.97. The number of carbonyl (C=O) groups is 2. The monoisotopic (exact) mass is 483 g/mol. The van der Waals surface area contributed by atoms with Gasteiger partial charge in [-0.15, -0.1) is 0 Å². The van der Waals surface area contributed by atoms with Gasteiger partial charge in [0.2, 0.25) is 0 Å². The molecule has 3 heterocycles. The number of pyridine rings is 1. The fourth-order valence-corrected chi connectivity index (χ4v) is 5.08. The van der Waals surface area contributed by atoms with Crippen LogP contribution in [0.1, 0.15) is 35.1 Å². The number of benzene rings is 1. The highest BCUT2D eigenvalue weighted by atomic mass is 16.3. The fraction of sp³-hybridized carbons (Fsp3) is 0.357. The van der Waals surface area contributed by atoms with E-state index in [1.54, 1.807) is 11.2 Å². The summed E-state index contributed by atoms with van der Waals surface area (Å²) in [4.78, 5) is 33.7. The zero-order chi connectivity index (χ0) is 24.9. The van der Waals surface area contributed by atoms with Crippen molar-refractivity contribution >= 4 is 17.6 Å². The summed E-state index contributed by atoms with van der Waals surface area (Å²) in [6.45, 7) is 2.20. The van der Waals surface area contributed by atoms with Crippen molar-refractivity contribution < 1.29 is 14.0 Å². The topological polar surface area (TPSA) is 102 Å². The summed E-state index contributed by atoms with van der Waals surface area (Å²) in [7, 11) is 0. The molecule has 3 aromatic rings. The predicted octanol–water partition coefficient (Wildman–Crippen LogP) is 3.10. The molecule has 2 aliphatic rings. The molecule has 0 spiro atoms. The molecule has 0 unspecified atom stereocenters. The van der Waals surface area contributed by atoms with Crippen molar-refractivity contribution in [3.63, 3.8) is 0 Å². The predicted molar refractivity (Wildman–Crippen MR) is 135 cm³/mol. The number of piperazine rings is 1. The largest absolute Gasteiger partial charge is 0.463 e. The molecule has 2 aromatic heterocycles. The highest BCUT2D eigenvalue weighted by molar-refractivity contribution is 6.35. The third kappa shape index (κ3) is 4.82. The Kier molecular flexibility index (Phi) is 6.99. The summed E-state index contributed by atoms with van der Waals surface area (Å²) in [5.74, 6) is 0.255. The molecule has 5 rings (SSSR count). The number of carbonyl (C=O) groups excluding carboxylic acids is 2. The number of nitrogens with one attached hydrogen (secondary N) is 1. The molecule has 1 N–H and O–H groups in total. The van der Waals surface area contributed by atoms with Crippen LogP contribution in [0, 0.1) is 11.3 Å². The molecule has 1 saturated heterocycles. The van der Waals surface area contributed by atoms with Crippen molar-refractivity contribution in [3.8, 4) is 17.5 Å². The van der Waals surface area contributed by atoms with Crippen LogP contribution in [0.2, 0.25) is 0 Å². The van der Waals surface area contributed by atoms with Gasteiger partial charge >= 0.3 is 11.8 Å². The summed E-state index contributed by atoms with van der Waals surface area (Å²) >= 11 is 0. The molecular weight excluding hydrogens is 454 g/mol. The van der Waals surface area contributed by atoms with Crippen LogP contribution in [0.15, 0.2) is 53.1 Å². The molecule has 0 atom stereocenters. The van der Waals surface area contributed by atoms with E-state index in [1.807, 2.05) is 42.5 Å². The smallest absolute Gasteiger partial charge is 0.312 e. The van der Waals surface area contributed by atoms with E-state index in [-0.39, 0.29) is 0 Å². The number of fused-ring (bicyclic) bond motifs is 1. The SMILES string of the molecule is N#Cc1c(N2CCN(C(=O)C(=O)NCCc3ccccc3)CC2)nc(-c2ccco2)c2c1CCCC2. The lowest BCUT2D eigenvalue weighted by molar-refractivity contribution is -0.146. The van der Waals surface area contributed by atoms with Crippen LogP contribution in [-0.4, -0.2) is 54.4 Å². The third-order valence-electron chi connectivity index (χ3n) is 6.97. The molecule has 1 aliphatic carbocycles. The van der Waals surface area contributed by atoms with Crippen LogP contribution in [-0.2, 0) is 28.9 Å². The molecule has 0 radical (unpaired) electrons. The van der Waals surface area contributed by atoms with Crippen LogP contribution < -0.4 is 10.2 Å². The Morgan fingerprint density at radius 2 is 1.75 bits per heavy atom. The minimum absolute atomic E-state index is 0.394. The van der Waals surface area contributed by atoms with Gasteiger partial charge in [-0.05, 0) is 60.9 Å². The molecule has 1 aromatic carbocycles. The summed E-state index contributed by atoms with van der Waals surface area (Å²) in [5, 5.41) is 12.8. The second kappa shape index (κ2) is 10.6. The first kappa shape index (κ1) is 23.6. The van der Waals surface area contributed by atoms with Gasteiger partial charge < -0.3 is 19.5 Å². The normalized spacial score (nSPS) is 15.2. The molecule has 1 fully saturated rings. The molecule has 1 aliphatic heterocycles. The zero-order valence-corrected chi connectivity index (χ0v) is 20.2. The molecule has 8 heteroatoms. The molecule has 184 valence electrons. The van der Waals surface area contributed by atoms with Crippen molar-refractivity contribution in [2.75, 3.05) is 37.6 Å². The standard InChI is InChI=1S/C28H29N5O3/c29-19-23-21-9-4-5-10-22(21)25(24-11-6-18-36-24)31-26(23)32-14-16-33(17-15-32)28(35)27(34)30-13-12-20-7-2-1-3-8-20/h1-3,6-8,11,18H,4-5,9-10,12-17H2,(H,30,34). The first-order valence-corrected chi connectivity index (χ1v) is 12.5. The maximum Gasteiger partial charge on any atom is 0.312 e. The number of nitriles is 1. The van der Waals surface area contributed by atoms with Gasteiger partial charge in [-0.1, -0.05) is 30.3 Å². The van der Waals surface area contributed by atoms with Gasteiger partial charge in [-0.25, -0.2) is 4.98 Å². The lowest BCUT2D eigenvalue weighted by Gasteiger charge is -2.36.